The van der Waals surface area contributed by atoms with Crippen molar-refractivity contribution in [1.29, 1.82) is 0 Å². The van der Waals surface area contributed by atoms with Crippen molar-refractivity contribution in [3.8, 4) is 0 Å². The summed E-state index contributed by atoms with van der Waals surface area (Å²) in [5.41, 5.74) is -0.218. The summed E-state index contributed by atoms with van der Waals surface area (Å²) in [4.78, 5) is 12.3. The number of fused-ring (bicyclic) bond motifs is 1. The molecular formula is C20H32O3. The van der Waals surface area contributed by atoms with E-state index < -0.39 is 6.10 Å². The number of ketones is 1. The monoisotopic (exact) mass is 320 g/mol. The normalized spacial score (nSPS) is 40.2. The lowest BCUT2D eigenvalue weighted by atomic mass is 9.45. The van der Waals surface area contributed by atoms with E-state index in [9.17, 15) is 15.0 Å². The molecule has 0 saturated heterocycles. The van der Waals surface area contributed by atoms with Crippen molar-refractivity contribution in [2.24, 2.45) is 29.1 Å². The molecule has 3 heteroatoms. The maximum Gasteiger partial charge on any atom is 0.139 e. The van der Waals surface area contributed by atoms with Gasteiger partial charge in [0.25, 0.3) is 0 Å². The number of rotatable bonds is 4. The second kappa shape index (κ2) is 6.68. The number of carbonyl (C=O) groups excluding carboxylic acids is 1. The first-order valence-corrected chi connectivity index (χ1v) is 9.54. The third-order valence-corrected chi connectivity index (χ3v) is 7.04. The van der Waals surface area contributed by atoms with Crippen LogP contribution in [0.4, 0.5) is 0 Å². The van der Waals surface area contributed by atoms with E-state index in [4.69, 9.17) is 0 Å². The highest BCUT2D eigenvalue weighted by atomic mass is 16.3. The quantitative estimate of drug-likeness (QED) is 0.780. The van der Waals surface area contributed by atoms with Gasteiger partial charge in [-0.2, -0.15) is 0 Å². The van der Waals surface area contributed by atoms with Gasteiger partial charge in [-0.05, 0) is 43.4 Å². The Kier molecular flexibility index (Phi) is 4.98. The lowest BCUT2D eigenvalue weighted by Gasteiger charge is -2.57. The lowest BCUT2D eigenvalue weighted by Crippen LogP contribution is -2.60. The Hall–Kier alpha value is -0.670. The van der Waals surface area contributed by atoms with Crippen LogP contribution < -0.4 is 0 Å². The molecule has 0 aliphatic heterocycles. The fourth-order valence-corrected chi connectivity index (χ4v) is 5.48. The molecule has 3 rings (SSSR count). The minimum atomic E-state index is -0.395. The molecule has 3 aliphatic rings. The Balaban J connectivity index is 1.70. The van der Waals surface area contributed by atoms with Crippen LogP contribution in [-0.2, 0) is 4.79 Å². The highest BCUT2D eigenvalue weighted by Crippen LogP contribution is 2.59. The fourth-order valence-electron chi connectivity index (χ4n) is 5.48. The minimum Gasteiger partial charge on any atom is -0.393 e. The Bertz CT molecular complexity index is 464. The van der Waals surface area contributed by atoms with Crippen molar-refractivity contribution in [1.82, 2.24) is 0 Å². The third-order valence-electron chi connectivity index (χ3n) is 7.04. The van der Waals surface area contributed by atoms with Crippen molar-refractivity contribution in [2.75, 3.05) is 0 Å². The van der Waals surface area contributed by atoms with E-state index in [2.05, 4.69) is 13.8 Å². The summed E-state index contributed by atoms with van der Waals surface area (Å²) in [5, 5.41) is 20.9. The van der Waals surface area contributed by atoms with E-state index in [1.165, 1.54) is 19.3 Å². The van der Waals surface area contributed by atoms with Crippen LogP contribution in [0.1, 0.15) is 65.2 Å². The van der Waals surface area contributed by atoms with E-state index in [0.29, 0.717) is 30.5 Å². The van der Waals surface area contributed by atoms with Crippen LogP contribution in [-0.4, -0.2) is 28.2 Å². The Labute approximate surface area is 140 Å². The molecule has 0 radical (unpaired) electrons. The number of hydrogen-bond donors (Lipinski definition) is 2. The van der Waals surface area contributed by atoms with Gasteiger partial charge in [0.05, 0.1) is 12.2 Å². The van der Waals surface area contributed by atoms with Gasteiger partial charge in [-0.25, -0.2) is 0 Å². The van der Waals surface area contributed by atoms with Crippen LogP contribution in [0.3, 0.4) is 0 Å². The number of Topliss-reactive ketones (excluding diaryl/α,β-unsaturated/α-hetero) is 1. The average Bonchev–Trinajstić information content (AvgIpc) is 2.54. The Morgan fingerprint density at radius 2 is 1.87 bits per heavy atom. The first-order chi connectivity index (χ1) is 11.0. The van der Waals surface area contributed by atoms with Gasteiger partial charge in [0, 0.05) is 17.8 Å². The molecule has 130 valence electrons. The van der Waals surface area contributed by atoms with Crippen molar-refractivity contribution >= 4 is 5.78 Å². The van der Waals surface area contributed by atoms with Crippen molar-refractivity contribution in [3.63, 3.8) is 0 Å². The smallest absolute Gasteiger partial charge is 0.139 e. The van der Waals surface area contributed by atoms with Gasteiger partial charge in [0.1, 0.15) is 5.78 Å². The van der Waals surface area contributed by atoms with E-state index in [0.717, 1.165) is 19.3 Å². The molecule has 3 nitrogen and oxygen atoms in total. The van der Waals surface area contributed by atoms with E-state index in [1.807, 2.05) is 12.2 Å². The average molecular weight is 320 g/mol. The van der Waals surface area contributed by atoms with E-state index >= 15 is 0 Å². The zero-order chi connectivity index (χ0) is 16.6. The molecule has 2 N–H and O–H groups in total. The fraction of sp³-hybridized carbons (Fsp3) is 0.850. The molecule has 0 aromatic carbocycles. The van der Waals surface area contributed by atoms with Gasteiger partial charge in [0.2, 0.25) is 0 Å². The summed E-state index contributed by atoms with van der Waals surface area (Å²) >= 11 is 0. The van der Waals surface area contributed by atoms with Crippen LogP contribution in [0.15, 0.2) is 12.2 Å². The zero-order valence-electron chi connectivity index (χ0n) is 14.6. The molecule has 23 heavy (non-hydrogen) atoms. The van der Waals surface area contributed by atoms with Crippen LogP contribution >= 0.6 is 0 Å². The molecule has 3 fully saturated rings. The maximum atomic E-state index is 12.3. The highest BCUT2D eigenvalue weighted by molar-refractivity contribution is 5.92. The summed E-state index contributed by atoms with van der Waals surface area (Å²) in [6.45, 7) is 4.28. The largest absolute Gasteiger partial charge is 0.393 e. The van der Waals surface area contributed by atoms with Crippen LogP contribution in [0, 0.1) is 29.1 Å². The maximum absolute atomic E-state index is 12.3. The summed E-state index contributed by atoms with van der Waals surface area (Å²) in [6, 6.07) is 0. The topological polar surface area (TPSA) is 57.5 Å². The van der Waals surface area contributed by atoms with Gasteiger partial charge in [-0.1, -0.05) is 45.3 Å². The van der Waals surface area contributed by atoms with Crippen molar-refractivity contribution in [3.05, 3.63) is 12.2 Å². The first kappa shape index (κ1) is 17.2. The molecule has 0 amide bonds. The van der Waals surface area contributed by atoms with Gasteiger partial charge in [-0.3, -0.25) is 4.79 Å². The van der Waals surface area contributed by atoms with Crippen LogP contribution in [0.25, 0.3) is 0 Å². The predicted octanol–water partition coefficient (Wildman–Crippen LogP) is 3.49. The van der Waals surface area contributed by atoms with Crippen molar-refractivity contribution in [2.45, 2.75) is 77.4 Å². The molecule has 0 spiro atoms. The first-order valence-electron chi connectivity index (χ1n) is 9.54. The number of aliphatic hydroxyl groups is 2. The molecule has 3 saturated carbocycles. The van der Waals surface area contributed by atoms with Gasteiger partial charge < -0.3 is 10.2 Å². The molecule has 0 aromatic rings. The molecule has 0 unspecified atom stereocenters. The highest BCUT2D eigenvalue weighted by Gasteiger charge is 2.61. The Morgan fingerprint density at radius 3 is 2.48 bits per heavy atom. The summed E-state index contributed by atoms with van der Waals surface area (Å²) in [7, 11) is 0. The molecule has 0 heterocycles. The SMILES string of the molecule is CC(C)[C@@]12CC[C@H](O)[C@@H](C=C[C@H](O)C3CCCCC3)[C@@H]1CC2=O. The van der Waals surface area contributed by atoms with E-state index in [-0.39, 0.29) is 23.4 Å². The third kappa shape index (κ3) is 2.91. The Morgan fingerprint density at radius 1 is 1.17 bits per heavy atom. The van der Waals surface area contributed by atoms with Gasteiger partial charge in [-0.15, -0.1) is 0 Å². The number of aliphatic hydroxyl groups excluding tert-OH is 2. The number of hydrogen-bond acceptors (Lipinski definition) is 3. The molecule has 0 aromatic heterocycles. The number of carbonyl (C=O) groups is 1. The molecule has 0 bridgehead atoms. The molecular weight excluding hydrogens is 288 g/mol. The second-order valence-electron chi connectivity index (χ2n) is 8.39. The molecule has 3 aliphatic carbocycles. The summed E-state index contributed by atoms with van der Waals surface area (Å²) < 4.78 is 0. The minimum absolute atomic E-state index is 0.0297. The summed E-state index contributed by atoms with van der Waals surface area (Å²) in [5.74, 6) is 1.38. The lowest BCUT2D eigenvalue weighted by molar-refractivity contribution is -0.167. The van der Waals surface area contributed by atoms with E-state index in [1.54, 1.807) is 0 Å². The zero-order valence-corrected chi connectivity index (χ0v) is 14.6. The van der Waals surface area contributed by atoms with Gasteiger partial charge in [0.15, 0.2) is 0 Å². The predicted molar refractivity (Wildman–Crippen MR) is 90.8 cm³/mol. The molecule has 5 atom stereocenters. The standard InChI is InChI=1S/C20H32O3/c1-13(2)20-11-10-18(22)15(16(20)12-19(20)23)8-9-17(21)14-6-4-3-5-7-14/h8-9,13-18,21-22H,3-7,10-12H2,1-2H3/t15-,16-,17-,18-,20-/m0/s1. The van der Waals surface area contributed by atoms with Crippen molar-refractivity contribution < 1.29 is 15.0 Å². The van der Waals surface area contributed by atoms with Gasteiger partial charge >= 0.3 is 0 Å². The summed E-state index contributed by atoms with van der Waals surface area (Å²) in [6.07, 6.45) is 11.3. The van der Waals surface area contributed by atoms with Crippen LogP contribution in [0.2, 0.25) is 0 Å². The van der Waals surface area contributed by atoms with Crippen LogP contribution in [0.5, 0.6) is 0 Å². The second-order valence-corrected chi connectivity index (χ2v) is 8.39.